The molecule has 0 atom stereocenters. The summed E-state index contributed by atoms with van der Waals surface area (Å²) in [5.41, 5.74) is 2.32. The van der Waals surface area contributed by atoms with Gasteiger partial charge in [-0.25, -0.2) is 9.78 Å². The van der Waals surface area contributed by atoms with E-state index in [0.29, 0.717) is 28.4 Å². The highest BCUT2D eigenvalue weighted by molar-refractivity contribution is 7.14. The molecule has 0 radical (unpaired) electrons. The quantitative estimate of drug-likeness (QED) is 0.588. The SMILES string of the molecule is CCOC(=O)c1cccc(N2CC(O)=C(c3nc(-c4cccs4)cs3)C2=N)c1. The smallest absolute Gasteiger partial charge is 0.338 e. The van der Waals surface area contributed by atoms with E-state index in [1.165, 1.54) is 11.3 Å². The van der Waals surface area contributed by atoms with Crippen molar-refractivity contribution in [2.24, 2.45) is 0 Å². The number of hydrogen-bond donors (Lipinski definition) is 2. The number of aliphatic hydroxyl groups is 1. The number of rotatable bonds is 5. The number of thiophene rings is 1. The second-order valence-corrected chi connectivity index (χ2v) is 7.85. The van der Waals surface area contributed by atoms with Crippen LogP contribution in [-0.2, 0) is 4.74 Å². The fourth-order valence-corrected chi connectivity index (χ4v) is 4.61. The molecule has 3 aromatic rings. The molecule has 6 nitrogen and oxygen atoms in total. The first-order chi connectivity index (χ1) is 13.6. The fraction of sp³-hybridized carbons (Fsp3) is 0.150. The van der Waals surface area contributed by atoms with Gasteiger partial charge in [0, 0.05) is 11.1 Å². The van der Waals surface area contributed by atoms with E-state index >= 15 is 0 Å². The zero-order valence-electron chi connectivity index (χ0n) is 15.0. The second kappa shape index (κ2) is 7.57. The van der Waals surface area contributed by atoms with Crippen LogP contribution in [0.5, 0.6) is 0 Å². The van der Waals surface area contributed by atoms with Crippen LogP contribution in [0.2, 0.25) is 0 Å². The molecule has 3 heterocycles. The Kier molecular flexibility index (Phi) is 4.97. The Labute approximate surface area is 169 Å². The summed E-state index contributed by atoms with van der Waals surface area (Å²) < 4.78 is 5.04. The first-order valence-corrected chi connectivity index (χ1v) is 10.4. The Hall–Kier alpha value is -2.97. The molecule has 0 unspecified atom stereocenters. The lowest BCUT2D eigenvalue weighted by molar-refractivity contribution is 0.0526. The van der Waals surface area contributed by atoms with Crippen molar-refractivity contribution in [2.45, 2.75) is 6.92 Å². The van der Waals surface area contributed by atoms with Gasteiger partial charge < -0.3 is 14.7 Å². The van der Waals surface area contributed by atoms with Gasteiger partial charge in [-0.1, -0.05) is 12.1 Å². The van der Waals surface area contributed by atoms with Gasteiger partial charge in [0.15, 0.2) is 0 Å². The van der Waals surface area contributed by atoms with E-state index in [4.69, 9.17) is 10.1 Å². The van der Waals surface area contributed by atoms with Gasteiger partial charge in [-0.2, -0.15) is 0 Å². The van der Waals surface area contributed by atoms with Crippen LogP contribution in [0.3, 0.4) is 0 Å². The monoisotopic (exact) mass is 411 g/mol. The molecule has 8 heteroatoms. The summed E-state index contributed by atoms with van der Waals surface area (Å²) >= 11 is 3.00. The van der Waals surface area contributed by atoms with Gasteiger partial charge in [0.05, 0.1) is 34.9 Å². The normalized spacial score (nSPS) is 14.0. The summed E-state index contributed by atoms with van der Waals surface area (Å²) in [4.78, 5) is 19.3. The topological polar surface area (TPSA) is 86.5 Å². The average molecular weight is 412 g/mol. The third-order valence-corrected chi connectivity index (χ3v) is 6.02. The number of thiazole rings is 1. The molecule has 1 aliphatic heterocycles. The minimum atomic E-state index is -0.409. The van der Waals surface area contributed by atoms with Crippen LogP contribution in [-0.4, -0.2) is 35.0 Å². The van der Waals surface area contributed by atoms with Crippen LogP contribution in [0.4, 0.5) is 5.69 Å². The van der Waals surface area contributed by atoms with E-state index in [9.17, 15) is 9.90 Å². The molecule has 142 valence electrons. The maximum Gasteiger partial charge on any atom is 0.338 e. The summed E-state index contributed by atoms with van der Waals surface area (Å²) in [6, 6.07) is 10.8. The van der Waals surface area contributed by atoms with Crippen LogP contribution in [0.1, 0.15) is 22.3 Å². The molecule has 2 aromatic heterocycles. The van der Waals surface area contributed by atoms with Gasteiger partial charge in [0.1, 0.15) is 16.6 Å². The van der Waals surface area contributed by atoms with Crippen LogP contribution >= 0.6 is 22.7 Å². The maximum atomic E-state index is 12.0. The van der Waals surface area contributed by atoms with E-state index in [1.807, 2.05) is 22.9 Å². The number of nitrogens with one attached hydrogen (secondary N) is 1. The van der Waals surface area contributed by atoms with Crippen molar-refractivity contribution in [1.82, 2.24) is 4.98 Å². The van der Waals surface area contributed by atoms with E-state index < -0.39 is 5.97 Å². The molecule has 0 spiro atoms. The summed E-state index contributed by atoms with van der Waals surface area (Å²) in [6.45, 7) is 2.21. The molecule has 2 N–H and O–H groups in total. The number of anilines is 1. The largest absolute Gasteiger partial charge is 0.510 e. The first-order valence-electron chi connectivity index (χ1n) is 8.64. The Bertz CT molecular complexity index is 1070. The van der Waals surface area contributed by atoms with Crippen molar-refractivity contribution in [1.29, 1.82) is 5.41 Å². The Morgan fingerprint density at radius 1 is 1.32 bits per heavy atom. The van der Waals surface area contributed by atoms with Crippen molar-refractivity contribution in [2.75, 3.05) is 18.1 Å². The number of esters is 1. The zero-order chi connectivity index (χ0) is 19.7. The second-order valence-electron chi connectivity index (χ2n) is 6.04. The molecule has 4 rings (SSSR count). The van der Waals surface area contributed by atoms with E-state index in [-0.39, 0.29) is 18.1 Å². The first kappa shape index (κ1) is 18.4. The molecule has 1 aromatic carbocycles. The van der Waals surface area contributed by atoms with Crippen LogP contribution in [0.15, 0.2) is 52.9 Å². The van der Waals surface area contributed by atoms with Crippen molar-refractivity contribution in [3.63, 3.8) is 0 Å². The number of aliphatic hydroxyl groups excluding tert-OH is 1. The van der Waals surface area contributed by atoms with Gasteiger partial charge in [-0.15, -0.1) is 22.7 Å². The van der Waals surface area contributed by atoms with Crippen LogP contribution in [0.25, 0.3) is 16.1 Å². The average Bonchev–Trinajstić information content (AvgIpc) is 3.42. The van der Waals surface area contributed by atoms with Crippen molar-refractivity contribution in [3.05, 3.63) is 63.5 Å². The molecule has 0 aliphatic carbocycles. The molecule has 0 bridgehead atoms. The van der Waals surface area contributed by atoms with Crippen LogP contribution < -0.4 is 4.90 Å². The molecular formula is C20H17N3O3S2. The van der Waals surface area contributed by atoms with Crippen LogP contribution in [0, 0.1) is 5.41 Å². The Morgan fingerprint density at radius 2 is 2.18 bits per heavy atom. The summed E-state index contributed by atoms with van der Waals surface area (Å²) in [5.74, 6) is -0.155. The molecule has 0 saturated carbocycles. The lowest BCUT2D eigenvalue weighted by atomic mass is 10.2. The predicted octanol–water partition coefficient (Wildman–Crippen LogP) is 4.81. The van der Waals surface area contributed by atoms with Gasteiger partial charge in [0.2, 0.25) is 0 Å². The van der Waals surface area contributed by atoms with E-state index in [0.717, 1.165) is 10.6 Å². The standard InChI is InChI=1S/C20H17N3O3S2/c1-2-26-20(25)12-5-3-6-13(9-12)23-10-15(24)17(18(23)21)19-22-14(11-28-19)16-7-4-8-27-16/h3-9,11,21,24H,2,10H2,1H3. The number of aromatic nitrogens is 1. The van der Waals surface area contributed by atoms with Gasteiger partial charge in [0.25, 0.3) is 0 Å². The minimum absolute atomic E-state index is 0.0959. The number of carbonyl (C=O) groups excluding carboxylic acids is 1. The maximum absolute atomic E-state index is 12.0. The van der Waals surface area contributed by atoms with Crippen molar-refractivity contribution >= 4 is 45.7 Å². The van der Waals surface area contributed by atoms with E-state index in [1.54, 1.807) is 47.4 Å². The fourth-order valence-electron chi connectivity index (χ4n) is 2.97. The number of hydrogen-bond acceptors (Lipinski definition) is 7. The third kappa shape index (κ3) is 3.32. The van der Waals surface area contributed by atoms with Gasteiger partial charge in [-0.3, -0.25) is 5.41 Å². The number of benzene rings is 1. The highest BCUT2D eigenvalue weighted by atomic mass is 32.1. The van der Waals surface area contributed by atoms with Crippen molar-refractivity contribution < 1.29 is 14.6 Å². The summed E-state index contributed by atoms with van der Waals surface area (Å²) in [5, 5.41) is 23.6. The Balaban J connectivity index is 1.61. The zero-order valence-corrected chi connectivity index (χ0v) is 16.6. The molecule has 0 amide bonds. The lowest BCUT2D eigenvalue weighted by Gasteiger charge is -2.19. The highest BCUT2D eigenvalue weighted by Gasteiger charge is 2.31. The molecule has 0 saturated heterocycles. The number of ether oxygens (including phenoxy) is 1. The van der Waals surface area contributed by atoms with E-state index in [2.05, 4.69) is 4.98 Å². The minimum Gasteiger partial charge on any atom is -0.510 e. The van der Waals surface area contributed by atoms with Gasteiger partial charge in [-0.05, 0) is 36.6 Å². The third-order valence-electron chi connectivity index (χ3n) is 4.26. The number of amidine groups is 1. The Morgan fingerprint density at radius 3 is 2.93 bits per heavy atom. The number of carbonyl (C=O) groups is 1. The highest BCUT2D eigenvalue weighted by Crippen LogP contribution is 2.35. The van der Waals surface area contributed by atoms with Gasteiger partial charge >= 0.3 is 5.97 Å². The lowest BCUT2D eigenvalue weighted by Crippen LogP contribution is -2.26. The predicted molar refractivity (Wildman–Crippen MR) is 112 cm³/mol. The molecular weight excluding hydrogens is 394 g/mol. The number of nitrogens with zero attached hydrogens (tertiary/aromatic N) is 2. The molecule has 28 heavy (non-hydrogen) atoms. The summed E-state index contributed by atoms with van der Waals surface area (Å²) in [6.07, 6.45) is 0. The van der Waals surface area contributed by atoms with Crippen molar-refractivity contribution in [3.8, 4) is 10.6 Å². The molecule has 1 aliphatic rings. The molecule has 0 fully saturated rings. The summed E-state index contributed by atoms with van der Waals surface area (Å²) in [7, 11) is 0.